The quantitative estimate of drug-likeness (QED) is 0.859. The van der Waals surface area contributed by atoms with Crippen molar-refractivity contribution in [2.45, 2.75) is 0 Å². The largest absolute Gasteiger partial charge is 0.318 e. The Morgan fingerprint density at radius 2 is 2.19 bits per heavy atom. The fourth-order valence-electron chi connectivity index (χ4n) is 1.04. The lowest BCUT2D eigenvalue weighted by molar-refractivity contribution is 0.101. The molecule has 0 spiro atoms. The van der Waals surface area contributed by atoms with Gasteiger partial charge in [0.1, 0.15) is 0 Å². The lowest BCUT2D eigenvalue weighted by Gasteiger charge is -2.05. The van der Waals surface area contributed by atoms with Crippen molar-refractivity contribution >= 4 is 34.8 Å². The molecule has 0 saturated carbocycles. The Bertz CT molecular complexity index is 513. The molecule has 1 heterocycles. The van der Waals surface area contributed by atoms with Gasteiger partial charge in [0.05, 0.1) is 15.7 Å². The van der Waals surface area contributed by atoms with E-state index >= 15 is 0 Å². The molecule has 6 nitrogen and oxygen atoms in total. The Morgan fingerprint density at radius 1 is 1.38 bits per heavy atom. The first-order valence-corrected chi connectivity index (χ1v) is 4.93. The number of aromatic amines is 1. The smallest absolute Gasteiger partial charge is 0.297 e. The number of anilines is 1. The number of hydrogen-bond donors (Lipinski definition) is 2. The molecule has 0 aliphatic carbocycles. The number of tetrazole rings is 1. The third-order valence-corrected chi connectivity index (χ3v) is 2.57. The Kier molecular flexibility index (Phi) is 3.02. The summed E-state index contributed by atoms with van der Waals surface area (Å²) in [6.07, 6.45) is 0. The minimum atomic E-state index is -0.516. The van der Waals surface area contributed by atoms with Crippen LogP contribution in [0.3, 0.4) is 0 Å². The predicted octanol–water partition coefficient (Wildman–Crippen LogP) is 1.76. The van der Waals surface area contributed by atoms with Crippen LogP contribution in [0.1, 0.15) is 10.6 Å². The van der Waals surface area contributed by atoms with Crippen LogP contribution in [-0.4, -0.2) is 26.5 Å². The van der Waals surface area contributed by atoms with E-state index < -0.39 is 5.91 Å². The molecule has 1 aromatic heterocycles. The van der Waals surface area contributed by atoms with Crippen LogP contribution in [0.15, 0.2) is 18.2 Å². The molecule has 0 aliphatic heterocycles. The van der Waals surface area contributed by atoms with Gasteiger partial charge < -0.3 is 5.32 Å². The topological polar surface area (TPSA) is 83.6 Å². The molecule has 2 N–H and O–H groups in total. The summed E-state index contributed by atoms with van der Waals surface area (Å²) in [5, 5.41) is 15.6. The van der Waals surface area contributed by atoms with Gasteiger partial charge in [0.15, 0.2) is 0 Å². The maximum atomic E-state index is 11.5. The molecule has 16 heavy (non-hydrogen) atoms. The highest BCUT2D eigenvalue weighted by Gasteiger charge is 2.13. The van der Waals surface area contributed by atoms with Gasteiger partial charge in [-0.15, -0.1) is 10.2 Å². The second-order valence-corrected chi connectivity index (χ2v) is 3.58. The Hall–Kier alpha value is -1.66. The first-order chi connectivity index (χ1) is 7.68. The normalized spacial score (nSPS) is 10.1. The predicted molar refractivity (Wildman–Crippen MR) is 58.6 cm³/mol. The van der Waals surface area contributed by atoms with E-state index in [2.05, 4.69) is 25.9 Å². The number of hydrogen-bond acceptors (Lipinski definition) is 4. The second kappa shape index (κ2) is 4.46. The minimum absolute atomic E-state index is 0.0731. The highest BCUT2D eigenvalue weighted by atomic mass is 35.5. The molecule has 82 valence electrons. The summed E-state index contributed by atoms with van der Waals surface area (Å²) in [4.78, 5) is 11.5. The van der Waals surface area contributed by atoms with Crippen LogP contribution in [0.25, 0.3) is 0 Å². The molecule has 0 saturated heterocycles. The van der Waals surface area contributed by atoms with Gasteiger partial charge in [-0.3, -0.25) is 4.79 Å². The Balaban J connectivity index is 2.22. The average Bonchev–Trinajstić information content (AvgIpc) is 2.78. The maximum Gasteiger partial charge on any atom is 0.297 e. The fraction of sp³-hybridized carbons (Fsp3) is 0. The number of H-pyrrole nitrogens is 1. The number of carbonyl (C=O) groups is 1. The number of benzene rings is 1. The number of nitrogens with zero attached hydrogens (tertiary/aromatic N) is 3. The maximum absolute atomic E-state index is 11.5. The van der Waals surface area contributed by atoms with Crippen molar-refractivity contribution in [3.8, 4) is 0 Å². The summed E-state index contributed by atoms with van der Waals surface area (Å²) in [5.74, 6) is -0.589. The summed E-state index contributed by atoms with van der Waals surface area (Å²) in [5.41, 5.74) is 0.393. The van der Waals surface area contributed by atoms with Crippen LogP contribution < -0.4 is 5.32 Å². The van der Waals surface area contributed by atoms with E-state index in [1.54, 1.807) is 18.2 Å². The van der Waals surface area contributed by atoms with E-state index in [0.29, 0.717) is 10.7 Å². The van der Waals surface area contributed by atoms with Crippen molar-refractivity contribution < 1.29 is 4.79 Å². The minimum Gasteiger partial charge on any atom is -0.318 e. The second-order valence-electron chi connectivity index (χ2n) is 2.79. The van der Waals surface area contributed by atoms with Gasteiger partial charge in [0.25, 0.3) is 11.7 Å². The van der Waals surface area contributed by atoms with Crippen molar-refractivity contribution in [3.63, 3.8) is 0 Å². The number of amides is 1. The van der Waals surface area contributed by atoms with E-state index in [0.717, 1.165) is 0 Å². The summed E-state index contributed by atoms with van der Waals surface area (Å²) >= 11 is 11.7. The van der Waals surface area contributed by atoms with Crippen molar-refractivity contribution in [3.05, 3.63) is 34.1 Å². The first kappa shape index (κ1) is 10.8. The van der Waals surface area contributed by atoms with Gasteiger partial charge >= 0.3 is 0 Å². The number of aromatic nitrogens is 4. The SMILES string of the molecule is O=C(Nc1cccc(Cl)c1Cl)c1nn[nH]n1. The van der Waals surface area contributed by atoms with Crippen LogP contribution in [-0.2, 0) is 0 Å². The molecular formula is C8H5Cl2N5O. The third kappa shape index (κ3) is 2.12. The van der Waals surface area contributed by atoms with E-state index in [9.17, 15) is 4.79 Å². The Morgan fingerprint density at radius 3 is 2.88 bits per heavy atom. The monoisotopic (exact) mass is 257 g/mol. The lowest BCUT2D eigenvalue weighted by atomic mass is 10.3. The van der Waals surface area contributed by atoms with Crippen molar-refractivity contribution in [2.24, 2.45) is 0 Å². The van der Waals surface area contributed by atoms with Gasteiger partial charge in [-0.05, 0) is 17.3 Å². The highest BCUT2D eigenvalue weighted by Crippen LogP contribution is 2.29. The standard InChI is InChI=1S/C8H5Cl2N5O/c9-4-2-1-3-5(6(4)10)11-8(16)7-12-14-15-13-7/h1-3H,(H,11,16)(H,12,13,14,15). The summed E-state index contributed by atoms with van der Waals surface area (Å²) in [7, 11) is 0. The van der Waals surface area contributed by atoms with Gasteiger partial charge in [-0.2, -0.15) is 5.21 Å². The zero-order valence-electron chi connectivity index (χ0n) is 7.74. The zero-order chi connectivity index (χ0) is 11.5. The van der Waals surface area contributed by atoms with Crippen molar-refractivity contribution in [2.75, 3.05) is 5.32 Å². The van der Waals surface area contributed by atoms with E-state index in [-0.39, 0.29) is 10.8 Å². The van der Waals surface area contributed by atoms with E-state index in [1.807, 2.05) is 0 Å². The molecular weight excluding hydrogens is 253 g/mol. The molecule has 0 atom stereocenters. The first-order valence-electron chi connectivity index (χ1n) is 4.17. The number of nitrogens with one attached hydrogen (secondary N) is 2. The summed E-state index contributed by atoms with van der Waals surface area (Å²) in [6.45, 7) is 0. The number of carbonyl (C=O) groups excluding carboxylic acids is 1. The molecule has 2 aromatic rings. The lowest BCUT2D eigenvalue weighted by Crippen LogP contribution is -2.14. The van der Waals surface area contributed by atoms with Gasteiger partial charge in [-0.1, -0.05) is 29.3 Å². The van der Waals surface area contributed by atoms with Crippen LogP contribution in [0.5, 0.6) is 0 Å². The van der Waals surface area contributed by atoms with Crippen LogP contribution in [0.2, 0.25) is 10.0 Å². The Labute approximate surface area is 99.9 Å². The van der Waals surface area contributed by atoms with Gasteiger partial charge in [0, 0.05) is 0 Å². The van der Waals surface area contributed by atoms with Gasteiger partial charge in [-0.25, -0.2) is 0 Å². The van der Waals surface area contributed by atoms with E-state index in [4.69, 9.17) is 23.2 Å². The fourth-order valence-corrected chi connectivity index (χ4v) is 1.38. The average molecular weight is 258 g/mol. The van der Waals surface area contributed by atoms with Gasteiger partial charge in [0.2, 0.25) is 0 Å². The van der Waals surface area contributed by atoms with Crippen molar-refractivity contribution in [1.82, 2.24) is 20.6 Å². The van der Waals surface area contributed by atoms with Crippen LogP contribution in [0.4, 0.5) is 5.69 Å². The number of halogens is 2. The van der Waals surface area contributed by atoms with Crippen LogP contribution >= 0.6 is 23.2 Å². The molecule has 1 amide bonds. The van der Waals surface area contributed by atoms with Crippen molar-refractivity contribution in [1.29, 1.82) is 0 Å². The molecule has 0 aliphatic rings. The van der Waals surface area contributed by atoms with E-state index in [1.165, 1.54) is 0 Å². The molecule has 0 radical (unpaired) electrons. The van der Waals surface area contributed by atoms with Crippen LogP contribution in [0, 0.1) is 0 Å². The summed E-state index contributed by atoms with van der Waals surface area (Å²) < 4.78 is 0. The highest BCUT2D eigenvalue weighted by molar-refractivity contribution is 6.44. The molecule has 0 bridgehead atoms. The summed E-state index contributed by atoms with van der Waals surface area (Å²) in [6, 6.07) is 4.90. The molecule has 2 rings (SSSR count). The molecule has 0 unspecified atom stereocenters. The third-order valence-electron chi connectivity index (χ3n) is 1.75. The zero-order valence-corrected chi connectivity index (χ0v) is 9.25. The molecule has 1 aromatic carbocycles. The molecule has 0 fully saturated rings. The number of rotatable bonds is 2. The molecule has 8 heteroatoms.